The summed E-state index contributed by atoms with van der Waals surface area (Å²) in [5.74, 6) is -0.0636. The van der Waals surface area contributed by atoms with E-state index in [1.807, 2.05) is 20.8 Å². The molecule has 2 aliphatic heterocycles. The van der Waals surface area contributed by atoms with Crippen LogP contribution in [0.2, 0.25) is 0 Å². The van der Waals surface area contributed by atoms with Gasteiger partial charge < -0.3 is 15.0 Å². The highest BCUT2D eigenvalue weighted by molar-refractivity contribution is 6.00. The first-order chi connectivity index (χ1) is 8.32. The quantitative estimate of drug-likeness (QED) is 0.697. The first-order valence-corrected chi connectivity index (χ1v) is 6.15. The lowest BCUT2D eigenvalue weighted by Crippen LogP contribution is -2.51. The van der Waals surface area contributed by atoms with Gasteiger partial charge in [-0.1, -0.05) is 0 Å². The zero-order chi connectivity index (χ0) is 13.4. The summed E-state index contributed by atoms with van der Waals surface area (Å²) in [5, 5.41) is 2.60. The number of nitrogens with zero attached hydrogens (tertiary/aromatic N) is 2. The average molecular weight is 253 g/mol. The summed E-state index contributed by atoms with van der Waals surface area (Å²) in [6.45, 7) is 6.51. The van der Waals surface area contributed by atoms with Crippen LogP contribution in [0.4, 0.5) is 4.79 Å². The van der Waals surface area contributed by atoms with Crippen LogP contribution in [0.3, 0.4) is 0 Å². The second kappa shape index (κ2) is 4.26. The number of hydrogen-bond donors (Lipinski definition) is 1. The van der Waals surface area contributed by atoms with Crippen molar-refractivity contribution in [1.82, 2.24) is 10.2 Å². The van der Waals surface area contributed by atoms with E-state index in [1.165, 1.54) is 6.34 Å². The largest absolute Gasteiger partial charge is 0.444 e. The Hall–Kier alpha value is -1.59. The summed E-state index contributed by atoms with van der Waals surface area (Å²) >= 11 is 0. The molecular weight excluding hydrogens is 234 g/mol. The maximum absolute atomic E-state index is 11.9. The van der Waals surface area contributed by atoms with Gasteiger partial charge in [0.05, 0.1) is 6.34 Å². The van der Waals surface area contributed by atoms with Gasteiger partial charge in [0.25, 0.3) is 5.91 Å². The minimum absolute atomic E-state index is 0.0636. The van der Waals surface area contributed by atoms with E-state index >= 15 is 0 Å². The summed E-state index contributed by atoms with van der Waals surface area (Å²) in [5.41, 5.74) is -1.15. The third-order valence-corrected chi connectivity index (χ3v) is 3.17. The van der Waals surface area contributed by atoms with E-state index in [0.717, 1.165) is 0 Å². The van der Waals surface area contributed by atoms with Crippen LogP contribution < -0.4 is 5.32 Å². The van der Waals surface area contributed by atoms with E-state index in [9.17, 15) is 9.59 Å². The predicted molar refractivity (Wildman–Crippen MR) is 66.4 cm³/mol. The molecule has 1 fully saturated rings. The van der Waals surface area contributed by atoms with Gasteiger partial charge in [0.1, 0.15) is 11.1 Å². The normalized spacial score (nSPS) is 22.2. The summed E-state index contributed by atoms with van der Waals surface area (Å²) < 4.78 is 5.30. The van der Waals surface area contributed by atoms with Crippen molar-refractivity contribution in [2.75, 3.05) is 13.1 Å². The summed E-state index contributed by atoms with van der Waals surface area (Å²) in [6, 6.07) is 0. The van der Waals surface area contributed by atoms with Gasteiger partial charge in [-0.15, -0.1) is 0 Å². The summed E-state index contributed by atoms with van der Waals surface area (Å²) in [7, 11) is 0. The molecule has 100 valence electrons. The Morgan fingerprint density at radius 1 is 1.44 bits per heavy atom. The number of ether oxygens (including phenoxy) is 1. The number of nitrogens with one attached hydrogen (secondary N) is 1. The number of aliphatic imine (C=N–C) groups is 1. The predicted octanol–water partition coefficient (Wildman–Crippen LogP) is 0.914. The Labute approximate surface area is 106 Å². The van der Waals surface area contributed by atoms with E-state index in [4.69, 9.17) is 4.74 Å². The molecule has 0 unspecified atom stereocenters. The summed E-state index contributed by atoms with van der Waals surface area (Å²) in [4.78, 5) is 29.4. The van der Waals surface area contributed by atoms with Gasteiger partial charge in [-0.2, -0.15) is 0 Å². The lowest BCUT2D eigenvalue weighted by atomic mass is 9.88. The second-order valence-electron chi connectivity index (χ2n) is 5.73. The van der Waals surface area contributed by atoms with Crippen molar-refractivity contribution < 1.29 is 14.3 Å². The molecule has 0 radical (unpaired) electrons. The van der Waals surface area contributed by atoms with Gasteiger partial charge in [-0.3, -0.25) is 9.79 Å². The Morgan fingerprint density at radius 2 is 2.06 bits per heavy atom. The van der Waals surface area contributed by atoms with Crippen LogP contribution in [0.25, 0.3) is 0 Å². The Morgan fingerprint density at radius 3 is 2.50 bits per heavy atom. The standard InChI is InChI=1S/C12H19N3O3/c1-11(2,3)18-10(17)15-6-4-12(5-7-15)9(16)13-8-14-12/h8H,4-7H2,1-3H3,(H,13,14,16). The molecule has 0 aromatic rings. The Balaban J connectivity index is 1.93. The number of likely N-dealkylation sites (tertiary alicyclic amines) is 1. The molecule has 2 amide bonds. The molecule has 1 spiro atoms. The van der Waals surface area contributed by atoms with Crippen molar-refractivity contribution in [2.24, 2.45) is 4.99 Å². The van der Waals surface area contributed by atoms with Gasteiger partial charge in [-0.05, 0) is 33.6 Å². The minimum atomic E-state index is -0.654. The van der Waals surface area contributed by atoms with E-state index in [0.29, 0.717) is 25.9 Å². The molecular formula is C12H19N3O3. The number of amides is 2. The number of carbonyl (C=O) groups excluding carboxylic acids is 2. The third kappa shape index (κ3) is 2.47. The fourth-order valence-electron chi connectivity index (χ4n) is 2.15. The van der Waals surface area contributed by atoms with Crippen molar-refractivity contribution in [3.63, 3.8) is 0 Å². The van der Waals surface area contributed by atoms with Crippen LogP contribution in [-0.2, 0) is 9.53 Å². The van der Waals surface area contributed by atoms with E-state index in [2.05, 4.69) is 10.3 Å². The molecule has 2 rings (SSSR count). The van der Waals surface area contributed by atoms with Crippen LogP contribution in [0.5, 0.6) is 0 Å². The maximum atomic E-state index is 11.9. The van der Waals surface area contributed by atoms with Crippen LogP contribution in [-0.4, -0.2) is 47.5 Å². The SMILES string of the molecule is CC(C)(C)OC(=O)N1CCC2(CC1)N=CNC2=O. The zero-order valence-corrected chi connectivity index (χ0v) is 11.0. The van der Waals surface area contributed by atoms with E-state index in [1.54, 1.807) is 4.90 Å². The Kier molecular flexibility index (Phi) is 3.04. The highest BCUT2D eigenvalue weighted by Crippen LogP contribution is 2.29. The van der Waals surface area contributed by atoms with Gasteiger partial charge in [0, 0.05) is 13.1 Å². The van der Waals surface area contributed by atoms with Crippen LogP contribution >= 0.6 is 0 Å². The molecule has 0 atom stereocenters. The topological polar surface area (TPSA) is 71.0 Å². The van der Waals surface area contributed by atoms with E-state index in [-0.39, 0.29) is 12.0 Å². The van der Waals surface area contributed by atoms with Gasteiger partial charge in [-0.25, -0.2) is 4.79 Å². The molecule has 6 nitrogen and oxygen atoms in total. The number of carbonyl (C=O) groups is 2. The zero-order valence-electron chi connectivity index (χ0n) is 11.0. The summed E-state index contributed by atoms with van der Waals surface area (Å²) in [6.07, 6.45) is 2.23. The van der Waals surface area contributed by atoms with Gasteiger partial charge in [0.2, 0.25) is 0 Å². The highest BCUT2D eigenvalue weighted by Gasteiger charge is 2.44. The van der Waals surface area contributed by atoms with Crippen molar-refractivity contribution in [3.05, 3.63) is 0 Å². The molecule has 0 aromatic carbocycles. The fraction of sp³-hybridized carbons (Fsp3) is 0.750. The van der Waals surface area contributed by atoms with Crippen LogP contribution in [0, 0.1) is 0 Å². The molecule has 1 saturated heterocycles. The average Bonchev–Trinajstić information content (AvgIpc) is 2.59. The molecule has 1 N–H and O–H groups in total. The third-order valence-electron chi connectivity index (χ3n) is 3.17. The van der Waals surface area contributed by atoms with E-state index < -0.39 is 11.1 Å². The number of hydrogen-bond acceptors (Lipinski definition) is 4. The monoisotopic (exact) mass is 253 g/mol. The first-order valence-electron chi connectivity index (χ1n) is 6.15. The van der Waals surface area contributed by atoms with Crippen LogP contribution in [0.15, 0.2) is 4.99 Å². The van der Waals surface area contributed by atoms with Crippen LogP contribution in [0.1, 0.15) is 33.6 Å². The second-order valence-corrected chi connectivity index (χ2v) is 5.73. The van der Waals surface area contributed by atoms with Gasteiger partial charge in [0.15, 0.2) is 0 Å². The number of piperidine rings is 1. The number of rotatable bonds is 0. The fourth-order valence-corrected chi connectivity index (χ4v) is 2.15. The highest BCUT2D eigenvalue weighted by atomic mass is 16.6. The molecule has 0 saturated carbocycles. The van der Waals surface area contributed by atoms with Crippen molar-refractivity contribution in [2.45, 2.75) is 44.8 Å². The van der Waals surface area contributed by atoms with Crippen molar-refractivity contribution >= 4 is 18.3 Å². The Bertz CT molecular complexity index is 390. The smallest absolute Gasteiger partial charge is 0.410 e. The molecule has 2 heterocycles. The molecule has 0 aliphatic carbocycles. The van der Waals surface area contributed by atoms with Crippen molar-refractivity contribution in [3.8, 4) is 0 Å². The lowest BCUT2D eigenvalue weighted by Gasteiger charge is -2.36. The molecule has 0 bridgehead atoms. The van der Waals surface area contributed by atoms with Crippen molar-refractivity contribution in [1.29, 1.82) is 0 Å². The maximum Gasteiger partial charge on any atom is 0.410 e. The molecule has 18 heavy (non-hydrogen) atoms. The molecule has 0 aromatic heterocycles. The minimum Gasteiger partial charge on any atom is -0.444 e. The molecule has 6 heteroatoms. The lowest BCUT2D eigenvalue weighted by molar-refractivity contribution is -0.125. The molecule has 2 aliphatic rings. The van der Waals surface area contributed by atoms with Gasteiger partial charge >= 0.3 is 6.09 Å². The first kappa shape index (κ1) is 12.9.